The molecular weight excluding hydrogens is 893 g/mol. The first kappa shape index (κ1) is 57.5. The summed E-state index contributed by atoms with van der Waals surface area (Å²) in [6.07, 6.45) is 40.2. The van der Waals surface area contributed by atoms with Gasteiger partial charge in [0.05, 0.1) is 49.6 Å². The van der Waals surface area contributed by atoms with Crippen LogP contribution in [0.15, 0.2) is 258 Å². The van der Waals surface area contributed by atoms with E-state index < -0.39 is 0 Å². The predicted octanol–water partition coefficient (Wildman–Crippen LogP) is 4.23. The first-order chi connectivity index (χ1) is 33.9. The van der Waals surface area contributed by atoms with E-state index in [1.54, 1.807) is 99.4 Å². The Hall–Kier alpha value is -10.5. The maximum absolute atomic E-state index is 4.89. The van der Waals surface area contributed by atoms with Crippen LogP contribution in [-0.2, 0) is 9.47 Å². The molecule has 0 bridgehead atoms. The number of allylic oxidation sites excluding steroid dienone is 6. The van der Waals surface area contributed by atoms with Crippen molar-refractivity contribution in [3.05, 3.63) is 197 Å². The Morgan fingerprint density at radius 3 is 1.41 bits per heavy atom. The molecule has 0 spiro atoms. The highest BCUT2D eigenvalue weighted by atomic mass is 16.5. The summed E-state index contributed by atoms with van der Waals surface area (Å²) in [4.78, 5) is 29.9. The van der Waals surface area contributed by atoms with Gasteiger partial charge >= 0.3 is 0 Å². The van der Waals surface area contributed by atoms with Gasteiger partial charge in [0.2, 0.25) is 0 Å². The summed E-state index contributed by atoms with van der Waals surface area (Å²) >= 11 is 0. The van der Waals surface area contributed by atoms with Gasteiger partial charge in [-0.1, -0.05) is 59.2 Å². The van der Waals surface area contributed by atoms with Crippen LogP contribution >= 0.6 is 0 Å². The standard InChI is InChI=1S/4C5H6N2.2C5H7NO.4C4H5N3/c1-5-4-6-2-3-7-5;1-5-2-3-6-4-7-5;1-5-6-3-2-4-7-5;1-5-3-2-4-6-7-5;1-5-4-7-3-2-6-5;1-5-6-3-2-4-7-5;1-4-6-2-5-3-7-4;1-4-2-5-3-6-7-4;2*1-4-5-2-3-6-7-4/h2-4,7H,1H2;2-4H,1H2,(H,6,7);2-4,6H,1H2;2-4,7H,1H2;2*2-3,6H,1,4H2;2-3H,1H2,(H,5,6,7);3*2-3,7H,1H2. The van der Waals surface area contributed by atoms with Crippen molar-refractivity contribution >= 4 is 75.1 Å². The Bertz CT molecular complexity index is 2000. The lowest BCUT2D eigenvalue weighted by atomic mass is 10.4. The van der Waals surface area contributed by atoms with Crippen LogP contribution < -0.4 is 53.6 Å². The molecule has 0 saturated heterocycles. The van der Waals surface area contributed by atoms with Crippen molar-refractivity contribution in [3.8, 4) is 0 Å². The highest BCUT2D eigenvalue weighted by Gasteiger charge is 1.93. The zero-order chi connectivity index (χ0) is 51.1. The van der Waals surface area contributed by atoms with Gasteiger partial charge in [-0.3, -0.25) is 26.7 Å². The Balaban J connectivity index is 0.000000389. The molecule has 0 atom stereocenters. The van der Waals surface area contributed by atoms with Gasteiger partial charge in [-0.2, -0.15) is 20.4 Å². The van der Waals surface area contributed by atoms with Crippen LogP contribution in [0, 0.1) is 0 Å². The molecule has 10 heterocycles. The second-order valence-electron chi connectivity index (χ2n) is 12.2. The Morgan fingerprint density at radius 1 is 0.471 bits per heavy atom. The number of rotatable bonds is 0. The maximum Gasteiger partial charge on any atom is 0.183 e. The number of aliphatic imine (C=N–C) groups is 8. The SMILES string of the molecule is C=C1C=CC=NN1.C=C1C=CN=CN1.C=C1C=NC=CN1.C=C1C=NC=NN1.C=C1COC=CN1.C=C1N=CC=CN1.C=C1N=CC=NN1.C=C1N=CC=NN1.C=C1N=CNC=N1.C=C1NC=CCO1. The lowest BCUT2D eigenvalue weighted by Gasteiger charge is -2.09. The number of hydrogen-bond acceptors (Lipinski definition) is 24. The second kappa shape index (κ2) is 40.0. The molecule has 24 nitrogen and oxygen atoms in total. The predicted molar refractivity (Wildman–Crippen MR) is 291 cm³/mol. The Kier molecular flexibility index (Phi) is 32.9. The molecule has 0 aliphatic carbocycles. The minimum atomic E-state index is 0.541. The molecule has 0 amide bonds. The van der Waals surface area contributed by atoms with E-state index in [-0.39, 0.29) is 0 Å². The van der Waals surface area contributed by atoms with E-state index in [4.69, 9.17) is 9.47 Å². The second-order valence-corrected chi connectivity index (χ2v) is 12.2. The quantitative estimate of drug-likeness (QED) is 0.163. The fourth-order valence-corrected chi connectivity index (χ4v) is 3.38. The van der Waals surface area contributed by atoms with Crippen molar-refractivity contribution in [2.24, 2.45) is 60.3 Å². The fourth-order valence-electron chi connectivity index (χ4n) is 3.38. The van der Waals surface area contributed by atoms with Crippen molar-refractivity contribution in [2.45, 2.75) is 0 Å². The Labute approximate surface area is 407 Å². The van der Waals surface area contributed by atoms with Gasteiger partial charge in [-0.25, -0.2) is 34.9 Å². The fraction of sp³-hybridized carbons (Fsp3) is 0.0435. The molecule has 10 aliphatic rings. The van der Waals surface area contributed by atoms with Gasteiger partial charge in [-0.05, 0) is 37.0 Å². The van der Waals surface area contributed by atoms with Crippen molar-refractivity contribution in [1.29, 1.82) is 0 Å². The highest BCUT2D eigenvalue weighted by molar-refractivity contribution is 6.17. The molecule has 10 aliphatic heterocycles. The third-order valence-corrected chi connectivity index (χ3v) is 6.37. The van der Waals surface area contributed by atoms with Gasteiger partial charge in [0.15, 0.2) is 5.88 Å². The summed E-state index contributed by atoms with van der Waals surface area (Å²) in [5, 5.41) is 31.4. The first-order valence-electron chi connectivity index (χ1n) is 20.0. The zero-order valence-corrected chi connectivity index (χ0v) is 38.5. The summed E-state index contributed by atoms with van der Waals surface area (Å²) in [6, 6.07) is 0. The molecule has 10 N–H and O–H groups in total. The van der Waals surface area contributed by atoms with E-state index in [0.29, 0.717) is 42.4 Å². The Morgan fingerprint density at radius 2 is 1.16 bits per heavy atom. The van der Waals surface area contributed by atoms with Crippen molar-refractivity contribution < 1.29 is 9.47 Å². The average Bonchev–Trinajstić information content (AvgIpc) is 3.38. The minimum absolute atomic E-state index is 0.541. The molecule has 0 aromatic carbocycles. The number of hydrogen-bond donors (Lipinski definition) is 10. The molecular formula is C46H58N22O2. The lowest BCUT2D eigenvalue weighted by molar-refractivity contribution is 0.222. The first-order valence-corrected chi connectivity index (χ1v) is 20.0. The van der Waals surface area contributed by atoms with Crippen LogP contribution in [0.5, 0.6) is 0 Å². The molecule has 24 heteroatoms. The highest BCUT2D eigenvalue weighted by Crippen LogP contribution is 1.95. The van der Waals surface area contributed by atoms with Crippen LogP contribution in [0.1, 0.15) is 0 Å². The van der Waals surface area contributed by atoms with E-state index in [1.165, 1.54) is 19.0 Å². The number of hydrazone groups is 4. The molecule has 364 valence electrons. The van der Waals surface area contributed by atoms with Crippen LogP contribution in [0.2, 0.25) is 0 Å². The molecule has 0 unspecified atom stereocenters. The summed E-state index contributed by atoms with van der Waals surface area (Å²) in [7, 11) is 0. The van der Waals surface area contributed by atoms with Crippen molar-refractivity contribution in [2.75, 3.05) is 13.2 Å². The normalized spacial score (nSPS) is 17.1. The minimum Gasteiger partial charge on any atom is -0.494 e. The van der Waals surface area contributed by atoms with Crippen LogP contribution in [0.4, 0.5) is 0 Å². The summed E-state index contributed by atoms with van der Waals surface area (Å²) in [5.41, 5.74) is 14.6. The van der Waals surface area contributed by atoms with Gasteiger partial charge in [-0.15, -0.1) is 0 Å². The lowest BCUT2D eigenvalue weighted by Crippen LogP contribution is -2.12. The van der Waals surface area contributed by atoms with Gasteiger partial charge in [0.25, 0.3) is 0 Å². The topological polar surface area (TPSA) is 287 Å². The molecule has 0 aromatic heterocycles. The number of nitrogens with zero attached hydrogens (tertiary/aromatic N) is 12. The van der Waals surface area contributed by atoms with Crippen molar-refractivity contribution in [1.82, 2.24) is 53.6 Å². The largest absolute Gasteiger partial charge is 0.494 e. The van der Waals surface area contributed by atoms with Crippen molar-refractivity contribution in [3.63, 3.8) is 0 Å². The van der Waals surface area contributed by atoms with Crippen LogP contribution in [0.25, 0.3) is 0 Å². The number of ether oxygens (including phenoxy) is 2. The van der Waals surface area contributed by atoms with E-state index in [0.717, 1.165) is 28.5 Å². The summed E-state index contributed by atoms with van der Waals surface area (Å²) in [6.45, 7) is 36.8. The number of nitrogens with one attached hydrogen (secondary N) is 10. The molecule has 0 saturated carbocycles. The average molecular weight is 951 g/mol. The third kappa shape index (κ3) is 38.0. The molecule has 0 aromatic rings. The molecule has 0 radical (unpaired) electrons. The zero-order valence-electron chi connectivity index (χ0n) is 38.5. The molecule has 70 heavy (non-hydrogen) atoms. The van der Waals surface area contributed by atoms with Gasteiger partial charge in [0.1, 0.15) is 42.8 Å². The van der Waals surface area contributed by atoms with Crippen LogP contribution in [0.3, 0.4) is 0 Å². The summed E-state index contributed by atoms with van der Waals surface area (Å²) in [5.74, 6) is 3.04. The molecule has 0 fully saturated rings. The smallest absolute Gasteiger partial charge is 0.183 e. The van der Waals surface area contributed by atoms with E-state index in [2.05, 4.69) is 180 Å². The van der Waals surface area contributed by atoms with E-state index >= 15 is 0 Å². The summed E-state index contributed by atoms with van der Waals surface area (Å²) < 4.78 is 9.72. The molecule has 10 rings (SSSR count). The van der Waals surface area contributed by atoms with Crippen LogP contribution in [-0.4, -0.2) is 88.3 Å². The van der Waals surface area contributed by atoms with E-state index in [1.807, 2.05) is 30.5 Å². The maximum atomic E-state index is 4.89. The van der Waals surface area contributed by atoms with Gasteiger partial charge < -0.3 is 41.4 Å². The van der Waals surface area contributed by atoms with E-state index in [9.17, 15) is 0 Å². The monoisotopic (exact) mass is 951 g/mol. The van der Waals surface area contributed by atoms with Gasteiger partial charge in [0, 0.05) is 91.1 Å². The third-order valence-electron chi connectivity index (χ3n) is 6.37.